The van der Waals surface area contributed by atoms with Crippen LogP contribution in [0.15, 0.2) is 10.8 Å². The Hall–Kier alpha value is -1.43. The fourth-order valence-corrected chi connectivity index (χ4v) is 1.98. The van der Waals surface area contributed by atoms with Gasteiger partial charge < -0.3 is 5.32 Å². The zero-order valence-electron chi connectivity index (χ0n) is 10.2. The van der Waals surface area contributed by atoms with E-state index in [2.05, 4.69) is 36.3 Å². The zero-order chi connectivity index (χ0) is 12.6. The Morgan fingerprint density at radius 2 is 1.94 bits per heavy atom. The standard InChI is InChI=1S/C11H14BrN5/c1-6-10(13-4)14-5-15-11(6)17-8(3)9(12)7(2)16-17/h5H,1-4H3,(H,13,14,15). The molecule has 0 unspecified atom stereocenters. The number of nitrogens with one attached hydrogen (secondary N) is 1. The van der Waals surface area contributed by atoms with E-state index >= 15 is 0 Å². The fourth-order valence-electron chi connectivity index (χ4n) is 1.74. The second kappa shape index (κ2) is 4.44. The molecule has 2 aromatic heterocycles. The lowest BCUT2D eigenvalue weighted by Crippen LogP contribution is -2.07. The third-order valence-electron chi connectivity index (χ3n) is 2.70. The summed E-state index contributed by atoms with van der Waals surface area (Å²) in [4.78, 5) is 8.47. The number of hydrogen-bond acceptors (Lipinski definition) is 4. The number of rotatable bonds is 2. The first-order chi connectivity index (χ1) is 8.06. The normalized spacial score (nSPS) is 10.6. The summed E-state index contributed by atoms with van der Waals surface area (Å²) in [6.07, 6.45) is 1.54. The maximum Gasteiger partial charge on any atom is 0.162 e. The van der Waals surface area contributed by atoms with Gasteiger partial charge in [0.25, 0.3) is 0 Å². The monoisotopic (exact) mass is 295 g/mol. The lowest BCUT2D eigenvalue weighted by atomic mass is 10.3. The Morgan fingerprint density at radius 3 is 2.47 bits per heavy atom. The van der Waals surface area contributed by atoms with E-state index in [-0.39, 0.29) is 0 Å². The molecule has 0 saturated carbocycles. The summed E-state index contributed by atoms with van der Waals surface area (Å²) in [5, 5.41) is 7.51. The van der Waals surface area contributed by atoms with Crippen molar-refractivity contribution < 1.29 is 0 Å². The third-order valence-corrected chi connectivity index (χ3v) is 3.85. The Morgan fingerprint density at radius 1 is 1.24 bits per heavy atom. The highest BCUT2D eigenvalue weighted by Crippen LogP contribution is 2.24. The molecule has 0 aromatic carbocycles. The average Bonchev–Trinajstić information content (AvgIpc) is 2.57. The van der Waals surface area contributed by atoms with E-state index in [1.54, 1.807) is 6.33 Å². The van der Waals surface area contributed by atoms with Crippen molar-refractivity contribution in [3.63, 3.8) is 0 Å². The maximum absolute atomic E-state index is 4.47. The van der Waals surface area contributed by atoms with Crippen molar-refractivity contribution >= 4 is 21.7 Å². The van der Waals surface area contributed by atoms with Gasteiger partial charge in [-0.3, -0.25) is 0 Å². The van der Waals surface area contributed by atoms with Crippen molar-refractivity contribution in [3.8, 4) is 5.82 Å². The van der Waals surface area contributed by atoms with Gasteiger partial charge in [0.05, 0.1) is 15.9 Å². The summed E-state index contributed by atoms with van der Waals surface area (Å²) in [6, 6.07) is 0. The van der Waals surface area contributed by atoms with E-state index in [1.807, 2.05) is 32.5 Å². The molecule has 2 aromatic rings. The van der Waals surface area contributed by atoms with Gasteiger partial charge in [-0.25, -0.2) is 14.6 Å². The number of hydrogen-bond donors (Lipinski definition) is 1. The second-order valence-electron chi connectivity index (χ2n) is 3.82. The molecule has 0 amide bonds. The predicted molar refractivity (Wildman–Crippen MR) is 70.6 cm³/mol. The highest BCUT2D eigenvalue weighted by molar-refractivity contribution is 9.10. The van der Waals surface area contributed by atoms with E-state index in [1.165, 1.54) is 0 Å². The number of aromatic nitrogens is 4. The molecule has 2 heterocycles. The molecule has 0 spiro atoms. The minimum Gasteiger partial charge on any atom is -0.373 e. The van der Waals surface area contributed by atoms with Crippen LogP contribution in [0.2, 0.25) is 0 Å². The summed E-state index contributed by atoms with van der Waals surface area (Å²) in [5.41, 5.74) is 2.96. The molecule has 90 valence electrons. The summed E-state index contributed by atoms with van der Waals surface area (Å²) < 4.78 is 2.85. The van der Waals surface area contributed by atoms with E-state index in [4.69, 9.17) is 0 Å². The number of anilines is 1. The molecule has 0 bridgehead atoms. The van der Waals surface area contributed by atoms with Gasteiger partial charge >= 0.3 is 0 Å². The van der Waals surface area contributed by atoms with Gasteiger partial charge in [-0.05, 0) is 36.7 Å². The Kier molecular flexibility index (Phi) is 3.15. The minimum absolute atomic E-state index is 0.802. The lowest BCUT2D eigenvalue weighted by molar-refractivity contribution is 0.793. The molecule has 1 N–H and O–H groups in total. The molecule has 0 aliphatic heterocycles. The van der Waals surface area contributed by atoms with Gasteiger partial charge in [-0.15, -0.1) is 0 Å². The largest absolute Gasteiger partial charge is 0.373 e. The minimum atomic E-state index is 0.802. The highest BCUT2D eigenvalue weighted by Gasteiger charge is 2.14. The van der Waals surface area contributed by atoms with Crippen LogP contribution < -0.4 is 5.32 Å². The molecule has 5 nitrogen and oxygen atoms in total. The van der Waals surface area contributed by atoms with Crippen LogP contribution in [-0.4, -0.2) is 26.8 Å². The van der Waals surface area contributed by atoms with Crippen molar-refractivity contribution in [1.82, 2.24) is 19.7 Å². The van der Waals surface area contributed by atoms with E-state index < -0.39 is 0 Å². The molecule has 0 atom stereocenters. The molecule has 17 heavy (non-hydrogen) atoms. The van der Waals surface area contributed by atoms with Crippen molar-refractivity contribution in [1.29, 1.82) is 0 Å². The first-order valence-electron chi connectivity index (χ1n) is 5.27. The quantitative estimate of drug-likeness (QED) is 0.924. The van der Waals surface area contributed by atoms with E-state index in [0.717, 1.165) is 33.1 Å². The van der Waals surface area contributed by atoms with Crippen LogP contribution in [0.4, 0.5) is 5.82 Å². The van der Waals surface area contributed by atoms with Gasteiger partial charge in [0, 0.05) is 12.6 Å². The van der Waals surface area contributed by atoms with Crippen molar-refractivity contribution in [2.75, 3.05) is 12.4 Å². The lowest BCUT2D eigenvalue weighted by Gasteiger charge is -2.09. The highest BCUT2D eigenvalue weighted by atomic mass is 79.9. The fraction of sp³-hybridized carbons (Fsp3) is 0.364. The number of aryl methyl sites for hydroxylation is 1. The van der Waals surface area contributed by atoms with Gasteiger partial charge in [0.15, 0.2) is 5.82 Å². The van der Waals surface area contributed by atoms with Gasteiger partial charge in [0.1, 0.15) is 12.1 Å². The van der Waals surface area contributed by atoms with Gasteiger partial charge in [-0.1, -0.05) is 0 Å². The number of nitrogens with zero attached hydrogens (tertiary/aromatic N) is 4. The van der Waals surface area contributed by atoms with Crippen molar-refractivity contribution in [2.45, 2.75) is 20.8 Å². The second-order valence-corrected chi connectivity index (χ2v) is 4.61. The van der Waals surface area contributed by atoms with Gasteiger partial charge in [0.2, 0.25) is 0 Å². The van der Waals surface area contributed by atoms with Crippen LogP contribution in [-0.2, 0) is 0 Å². The van der Waals surface area contributed by atoms with Crippen LogP contribution in [0, 0.1) is 20.8 Å². The summed E-state index contributed by atoms with van der Waals surface area (Å²) in [6.45, 7) is 5.94. The molecule has 6 heteroatoms. The number of halogens is 1. The molecule has 0 aliphatic rings. The van der Waals surface area contributed by atoms with Gasteiger partial charge in [-0.2, -0.15) is 5.10 Å². The molecule has 2 rings (SSSR count). The van der Waals surface area contributed by atoms with Crippen LogP contribution in [0.5, 0.6) is 0 Å². The van der Waals surface area contributed by atoms with Crippen LogP contribution in [0.25, 0.3) is 5.82 Å². The average molecular weight is 296 g/mol. The van der Waals surface area contributed by atoms with Crippen LogP contribution in [0.3, 0.4) is 0 Å². The summed E-state index contributed by atoms with van der Waals surface area (Å²) in [5.74, 6) is 1.62. The smallest absolute Gasteiger partial charge is 0.162 e. The molecule has 0 radical (unpaired) electrons. The molecule has 0 saturated heterocycles. The van der Waals surface area contributed by atoms with Crippen molar-refractivity contribution in [3.05, 3.63) is 27.8 Å². The van der Waals surface area contributed by atoms with Crippen molar-refractivity contribution in [2.24, 2.45) is 0 Å². The molecule has 0 fully saturated rings. The summed E-state index contributed by atoms with van der Waals surface area (Å²) >= 11 is 3.52. The third kappa shape index (κ3) is 1.93. The maximum atomic E-state index is 4.47. The Balaban J connectivity index is 2.64. The van der Waals surface area contributed by atoms with Crippen LogP contribution >= 0.6 is 15.9 Å². The molecular weight excluding hydrogens is 282 g/mol. The summed E-state index contributed by atoms with van der Waals surface area (Å²) in [7, 11) is 1.84. The topological polar surface area (TPSA) is 55.6 Å². The zero-order valence-corrected chi connectivity index (χ0v) is 11.8. The molecular formula is C11H14BrN5. The van der Waals surface area contributed by atoms with Crippen LogP contribution in [0.1, 0.15) is 17.0 Å². The Bertz CT molecular complexity index is 561. The van der Waals surface area contributed by atoms with E-state index in [9.17, 15) is 0 Å². The Labute approximate surface area is 108 Å². The first kappa shape index (κ1) is 12.0. The SMILES string of the molecule is CNc1ncnc(-n2nc(C)c(Br)c2C)c1C. The first-order valence-corrected chi connectivity index (χ1v) is 6.07. The predicted octanol–water partition coefficient (Wildman–Crippen LogP) is 2.39. The van der Waals surface area contributed by atoms with E-state index in [0.29, 0.717) is 0 Å². The molecule has 0 aliphatic carbocycles.